The number of nitrogens with zero attached hydrogens (tertiary/aromatic N) is 3. The van der Waals surface area contributed by atoms with E-state index in [1.54, 1.807) is 23.8 Å². The van der Waals surface area contributed by atoms with Crippen LogP contribution in [0, 0.1) is 0 Å². The molecule has 4 N–H and O–H groups in total. The number of nitrogen functional groups attached to an aromatic ring is 1. The van der Waals surface area contributed by atoms with E-state index < -0.39 is 24.5 Å². The van der Waals surface area contributed by atoms with Gasteiger partial charge in [0, 0.05) is 6.20 Å². The third kappa shape index (κ3) is 1.48. The molecule has 2 aromatic heterocycles. The maximum Gasteiger partial charge on any atom is 0.164 e. The molecule has 0 aliphatic carbocycles. The molecule has 3 heterocycles. The number of ether oxygens (including phenoxy) is 1. The number of aliphatic hydroxyl groups excluding tert-OH is 2. The Bertz CT molecular complexity index is 585. The highest BCUT2D eigenvalue weighted by molar-refractivity contribution is 5.84. The molecule has 7 heteroatoms. The van der Waals surface area contributed by atoms with Gasteiger partial charge in [0.1, 0.15) is 17.7 Å². The molecule has 1 aliphatic heterocycles. The van der Waals surface area contributed by atoms with E-state index in [1.807, 2.05) is 0 Å². The predicted molar refractivity (Wildman–Crippen MR) is 63.5 cm³/mol. The fourth-order valence-corrected chi connectivity index (χ4v) is 2.24. The van der Waals surface area contributed by atoms with Gasteiger partial charge in [-0.3, -0.25) is 0 Å². The second-order valence-electron chi connectivity index (χ2n) is 4.43. The first-order valence-electron chi connectivity index (χ1n) is 5.68. The second kappa shape index (κ2) is 3.91. The Labute approximate surface area is 103 Å². The summed E-state index contributed by atoms with van der Waals surface area (Å²) < 4.78 is 7.20. The summed E-state index contributed by atoms with van der Waals surface area (Å²) in [6, 6.07) is 1.74. The van der Waals surface area contributed by atoms with Crippen molar-refractivity contribution in [2.45, 2.75) is 31.5 Å². The lowest BCUT2D eigenvalue weighted by molar-refractivity contribution is -0.0296. The van der Waals surface area contributed by atoms with Crippen LogP contribution >= 0.6 is 0 Å². The highest BCUT2D eigenvalue weighted by Crippen LogP contribution is 2.32. The Morgan fingerprint density at radius 3 is 2.78 bits per heavy atom. The van der Waals surface area contributed by atoms with E-state index >= 15 is 0 Å². The van der Waals surface area contributed by atoms with Gasteiger partial charge >= 0.3 is 0 Å². The Hall–Kier alpha value is -1.70. The van der Waals surface area contributed by atoms with Gasteiger partial charge in [-0.05, 0) is 13.0 Å². The smallest absolute Gasteiger partial charge is 0.164 e. The van der Waals surface area contributed by atoms with Crippen LogP contribution in [0.4, 0.5) is 5.82 Å². The average molecular weight is 250 g/mol. The van der Waals surface area contributed by atoms with Crippen molar-refractivity contribution in [3.05, 3.63) is 18.6 Å². The van der Waals surface area contributed by atoms with Gasteiger partial charge in [-0.15, -0.1) is 0 Å². The highest BCUT2D eigenvalue weighted by atomic mass is 16.6. The van der Waals surface area contributed by atoms with E-state index in [1.165, 1.54) is 6.33 Å². The highest BCUT2D eigenvalue weighted by Gasteiger charge is 2.41. The number of aromatic nitrogens is 3. The molecule has 0 saturated carbocycles. The molecular weight excluding hydrogens is 236 g/mol. The van der Waals surface area contributed by atoms with Crippen molar-refractivity contribution in [3.8, 4) is 0 Å². The van der Waals surface area contributed by atoms with E-state index in [2.05, 4.69) is 9.97 Å². The van der Waals surface area contributed by atoms with Gasteiger partial charge < -0.3 is 25.3 Å². The monoisotopic (exact) mass is 250 g/mol. The number of pyridine rings is 1. The summed E-state index contributed by atoms with van der Waals surface area (Å²) in [6.45, 7) is 1.71. The van der Waals surface area contributed by atoms with Crippen LogP contribution in [0.15, 0.2) is 18.6 Å². The largest absolute Gasteiger partial charge is 0.388 e. The lowest BCUT2D eigenvalue weighted by atomic mass is 10.1. The van der Waals surface area contributed by atoms with Crippen LogP contribution in [0.5, 0.6) is 0 Å². The topological polar surface area (TPSA) is 106 Å². The Morgan fingerprint density at radius 2 is 2.11 bits per heavy atom. The SMILES string of the molecule is C[C@H]1OC(n2cnc3c(N)nccc32)[C@H](O)[C@@H]1O. The van der Waals surface area contributed by atoms with Gasteiger partial charge in [0.25, 0.3) is 0 Å². The average Bonchev–Trinajstić information content (AvgIpc) is 2.88. The first-order valence-corrected chi connectivity index (χ1v) is 5.68. The zero-order chi connectivity index (χ0) is 12.9. The minimum Gasteiger partial charge on any atom is -0.388 e. The summed E-state index contributed by atoms with van der Waals surface area (Å²) >= 11 is 0. The Morgan fingerprint density at radius 1 is 1.33 bits per heavy atom. The van der Waals surface area contributed by atoms with Crippen molar-refractivity contribution >= 4 is 16.9 Å². The maximum atomic E-state index is 9.96. The molecule has 1 unspecified atom stereocenters. The van der Waals surface area contributed by atoms with Crippen LogP contribution in [-0.2, 0) is 4.74 Å². The van der Waals surface area contributed by atoms with Crippen molar-refractivity contribution in [1.82, 2.24) is 14.5 Å². The quantitative estimate of drug-likeness (QED) is 0.639. The van der Waals surface area contributed by atoms with Crippen molar-refractivity contribution in [2.24, 2.45) is 0 Å². The lowest BCUT2D eigenvalue weighted by Gasteiger charge is -2.16. The van der Waals surface area contributed by atoms with Gasteiger partial charge in [-0.25, -0.2) is 9.97 Å². The molecule has 1 saturated heterocycles. The molecule has 1 fully saturated rings. The third-order valence-corrected chi connectivity index (χ3v) is 3.27. The number of hydrogen-bond acceptors (Lipinski definition) is 6. The minimum atomic E-state index is -0.994. The second-order valence-corrected chi connectivity index (χ2v) is 4.43. The van der Waals surface area contributed by atoms with Crippen LogP contribution in [0.25, 0.3) is 11.0 Å². The zero-order valence-electron chi connectivity index (χ0n) is 9.76. The number of aliphatic hydroxyl groups is 2. The zero-order valence-corrected chi connectivity index (χ0v) is 9.76. The molecule has 0 aromatic carbocycles. The van der Waals surface area contributed by atoms with E-state index in [0.29, 0.717) is 16.9 Å². The fraction of sp³-hybridized carbons (Fsp3) is 0.455. The van der Waals surface area contributed by atoms with E-state index in [-0.39, 0.29) is 0 Å². The number of nitrogens with two attached hydrogens (primary N) is 1. The summed E-state index contributed by atoms with van der Waals surface area (Å²) in [5.41, 5.74) is 6.99. The molecule has 96 valence electrons. The van der Waals surface area contributed by atoms with Crippen molar-refractivity contribution < 1.29 is 14.9 Å². The van der Waals surface area contributed by atoms with Crippen LogP contribution in [0.2, 0.25) is 0 Å². The molecule has 0 amide bonds. The Balaban J connectivity index is 2.08. The van der Waals surface area contributed by atoms with Crippen molar-refractivity contribution in [1.29, 1.82) is 0 Å². The predicted octanol–water partition coefficient (Wildman–Crippen LogP) is -0.347. The minimum absolute atomic E-state index is 0.326. The molecular formula is C11H14N4O3. The molecule has 3 rings (SSSR count). The summed E-state index contributed by atoms with van der Waals surface area (Å²) in [7, 11) is 0. The first-order chi connectivity index (χ1) is 8.59. The van der Waals surface area contributed by atoms with Gasteiger partial charge in [-0.2, -0.15) is 0 Å². The number of anilines is 1. The number of rotatable bonds is 1. The number of imidazole rings is 1. The molecule has 1 aliphatic rings. The summed E-state index contributed by atoms with van der Waals surface area (Å²) in [5, 5.41) is 19.7. The molecule has 7 nitrogen and oxygen atoms in total. The molecule has 4 atom stereocenters. The van der Waals surface area contributed by atoms with Crippen LogP contribution in [-0.4, -0.2) is 43.1 Å². The van der Waals surface area contributed by atoms with E-state index in [9.17, 15) is 10.2 Å². The van der Waals surface area contributed by atoms with Crippen molar-refractivity contribution in [2.75, 3.05) is 5.73 Å². The fourth-order valence-electron chi connectivity index (χ4n) is 2.24. The molecule has 0 spiro atoms. The van der Waals surface area contributed by atoms with Crippen molar-refractivity contribution in [3.63, 3.8) is 0 Å². The number of fused-ring (bicyclic) bond motifs is 1. The van der Waals surface area contributed by atoms with Gasteiger partial charge in [0.15, 0.2) is 12.0 Å². The summed E-state index contributed by atoms with van der Waals surface area (Å²) in [4.78, 5) is 8.10. The number of hydrogen-bond donors (Lipinski definition) is 3. The van der Waals surface area contributed by atoms with Crippen LogP contribution in [0.1, 0.15) is 13.2 Å². The normalized spacial score (nSPS) is 32.2. The lowest BCUT2D eigenvalue weighted by Crippen LogP contribution is -2.30. The third-order valence-electron chi connectivity index (χ3n) is 3.27. The molecule has 0 radical (unpaired) electrons. The summed E-state index contributed by atoms with van der Waals surface area (Å²) in [5.74, 6) is 0.326. The standard InChI is InChI=1S/C11H14N4O3/c1-5-8(16)9(17)11(18-5)15-4-14-7-6(15)2-3-13-10(7)12/h2-5,8-9,11,16-17H,1H3,(H2,12,13)/t5-,8-,9-,11?/m1/s1. The summed E-state index contributed by atoms with van der Waals surface area (Å²) in [6.07, 6.45) is 0.0973. The van der Waals surface area contributed by atoms with E-state index in [4.69, 9.17) is 10.5 Å². The first kappa shape index (κ1) is 11.4. The van der Waals surface area contributed by atoms with Gasteiger partial charge in [0.05, 0.1) is 17.9 Å². The van der Waals surface area contributed by atoms with Crippen LogP contribution < -0.4 is 5.73 Å². The Kier molecular flexibility index (Phi) is 2.47. The molecule has 0 bridgehead atoms. The van der Waals surface area contributed by atoms with Gasteiger partial charge in [0.2, 0.25) is 0 Å². The maximum absolute atomic E-state index is 9.96. The van der Waals surface area contributed by atoms with Crippen LogP contribution in [0.3, 0.4) is 0 Å². The van der Waals surface area contributed by atoms with Gasteiger partial charge in [-0.1, -0.05) is 0 Å². The molecule has 18 heavy (non-hydrogen) atoms. The molecule has 2 aromatic rings. The van der Waals surface area contributed by atoms with E-state index in [0.717, 1.165) is 0 Å².